The molecule has 0 radical (unpaired) electrons. The normalized spacial score (nSPS) is 10.4. The van der Waals surface area contributed by atoms with Crippen LogP contribution in [0.25, 0.3) is 0 Å². The predicted molar refractivity (Wildman–Crippen MR) is 79.5 cm³/mol. The Labute approximate surface area is 128 Å². The quantitative estimate of drug-likeness (QED) is 0.848. The van der Waals surface area contributed by atoms with Crippen LogP contribution in [0.5, 0.6) is 5.75 Å². The summed E-state index contributed by atoms with van der Waals surface area (Å²) >= 11 is 0. The zero-order valence-corrected chi connectivity index (χ0v) is 12.5. The van der Waals surface area contributed by atoms with Crippen molar-refractivity contribution in [2.75, 3.05) is 13.7 Å². The molecule has 0 aliphatic heterocycles. The van der Waals surface area contributed by atoms with Crippen LogP contribution in [0.4, 0.5) is 8.78 Å². The zero-order chi connectivity index (χ0) is 16.1. The fourth-order valence-corrected chi connectivity index (χ4v) is 1.95. The molecule has 0 atom stereocenters. The maximum absolute atomic E-state index is 13.6. The number of likely N-dealkylation sites (N-methyl/N-ethyl adjacent to an activating group) is 1. The van der Waals surface area contributed by atoms with E-state index < -0.39 is 11.6 Å². The first-order chi connectivity index (χ1) is 10.5. The van der Waals surface area contributed by atoms with Crippen molar-refractivity contribution in [1.29, 1.82) is 0 Å². The van der Waals surface area contributed by atoms with E-state index in [9.17, 15) is 13.6 Å². The summed E-state index contributed by atoms with van der Waals surface area (Å²) < 4.78 is 31.8. The van der Waals surface area contributed by atoms with Crippen LogP contribution in [0.1, 0.15) is 11.1 Å². The summed E-state index contributed by atoms with van der Waals surface area (Å²) in [5.74, 6) is -0.989. The van der Waals surface area contributed by atoms with E-state index in [0.717, 1.165) is 11.6 Å². The van der Waals surface area contributed by atoms with Crippen LogP contribution in [-0.2, 0) is 11.3 Å². The summed E-state index contributed by atoms with van der Waals surface area (Å²) in [6.07, 6.45) is 0. The second kappa shape index (κ2) is 7.02. The highest BCUT2D eigenvalue weighted by molar-refractivity contribution is 5.77. The molecule has 0 saturated heterocycles. The summed E-state index contributed by atoms with van der Waals surface area (Å²) in [5, 5.41) is 0. The molecule has 0 heterocycles. The number of halogens is 2. The van der Waals surface area contributed by atoms with Gasteiger partial charge in [-0.05, 0) is 30.7 Å². The fourth-order valence-electron chi connectivity index (χ4n) is 1.95. The first-order valence-electron chi connectivity index (χ1n) is 6.83. The largest absolute Gasteiger partial charge is 0.484 e. The molecule has 116 valence electrons. The Hall–Kier alpha value is -2.43. The average molecular weight is 305 g/mol. The van der Waals surface area contributed by atoms with Gasteiger partial charge in [0.05, 0.1) is 0 Å². The molecule has 1 amide bonds. The van der Waals surface area contributed by atoms with Crippen molar-refractivity contribution in [2.24, 2.45) is 0 Å². The lowest BCUT2D eigenvalue weighted by atomic mass is 10.2. The van der Waals surface area contributed by atoms with Crippen LogP contribution < -0.4 is 4.74 Å². The molecule has 0 aliphatic carbocycles. The van der Waals surface area contributed by atoms with Crippen molar-refractivity contribution in [1.82, 2.24) is 4.90 Å². The molecule has 0 fully saturated rings. The van der Waals surface area contributed by atoms with Gasteiger partial charge in [0.2, 0.25) is 0 Å². The third-order valence-corrected chi connectivity index (χ3v) is 3.20. The molecule has 0 N–H and O–H groups in total. The number of nitrogens with zero attached hydrogens (tertiary/aromatic N) is 1. The number of aryl methyl sites for hydroxylation is 1. The molecule has 0 saturated carbocycles. The van der Waals surface area contributed by atoms with E-state index in [2.05, 4.69) is 0 Å². The molecule has 2 rings (SSSR count). The molecule has 3 nitrogen and oxygen atoms in total. The van der Waals surface area contributed by atoms with Gasteiger partial charge in [0, 0.05) is 25.2 Å². The van der Waals surface area contributed by atoms with Crippen molar-refractivity contribution in [3.8, 4) is 5.75 Å². The number of benzene rings is 2. The van der Waals surface area contributed by atoms with Gasteiger partial charge >= 0.3 is 0 Å². The van der Waals surface area contributed by atoms with Crippen molar-refractivity contribution >= 4 is 5.91 Å². The van der Waals surface area contributed by atoms with Gasteiger partial charge < -0.3 is 9.64 Å². The van der Waals surface area contributed by atoms with Crippen LogP contribution in [0, 0.1) is 18.6 Å². The van der Waals surface area contributed by atoms with E-state index in [1.54, 1.807) is 13.1 Å². The van der Waals surface area contributed by atoms with E-state index in [4.69, 9.17) is 4.74 Å². The highest BCUT2D eigenvalue weighted by Gasteiger charge is 2.13. The molecular formula is C17H17F2NO2. The monoisotopic (exact) mass is 305 g/mol. The molecule has 0 spiro atoms. The number of ether oxygens (including phenoxy) is 1. The molecule has 22 heavy (non-hydrogen) atoms. The SMILES string of the molecule is Cc1cccc(OCC(=O)N(C)Cc2ccc(F)cc2F)c1. The summed E-state index contributed by atoms with van der Waals surface area (Å²) in [5.41, 5.74) is 1.29. The van der Waals surface area contributed by atoms with Crippen LogP contribution in [0.3, 0.4) is 0 Å². The van der Waals surface area contributed by atoms with Crippen molar-refractivity contribution in [3.63, 3.8) is 0 Å². The van der Waals surface area contributed by atoms with Gasteiger partial charge in [0.1, 0.15) is 17.4 Å². The van der Waals surface area contributed by atoms with E-state index in [1.807, 2.05) is 25.1 Å². The Morgan fingerprint density at radius 3 is 2.64 bits per heavy atom. The molecule has 0 aromatic heterocycles. The summed E-state index contributed by atoms with van der Waals surface area (Å²) in [4.78, 5) is 13.3. The zero-order valence-electron chi connectivity index (χ0n) is 12.5. The van der Waals surface area contributed by atoms with Gasteiger partial charge in [-0.3, -0.25) is 4.79 Å². The van der Waals surface area contributed by atoms with E-state index in [-0.39, 0.29) is 24.6 Å². The Morgan fingerprint density at radius 1 is 1.18 bits per heavy atom. The van der Waals surface area contributed by atoms with Crippen molar-refractivity contribution in [2.45, 2.75) is 13.5 Å². The summed E-state index contributed by atoms with van der Waals surface area (Å²) in [6.45, 7) is 1.85. The lowest BCUT2D eigenvalue weighted by Crippen LogP contribution is -2.31. The van der Waals surface area contributed by atoms with E-state index >= 15 is 0 Å². The maximum atomic E-state index is 13.6. The van der Waals surface area contributed by atoms with Crippen LogP contribution >= 0.6 is 0 Å². The molecule has 0 aliphatic rings. The van der Waals surface area contributed by atoms with Gasteiger partial charge in [-0.1, -0.05) is 18.2 Å². The number of rotatable bonds is 5. The van der Waals surface area contributed by atoms with Gasteiger partial charge in [-0.2, -0.15) is 0 Å². The Bertz CT molecular complexity index is 673. The smallest absolute Gasteiger partial charge is 0.260 e. The van der Waals surface area contributed by atoms with E-state index in [0.29, 0.717) is 5.75 Å². The number of hydrogen-bond acceptors (Lipinski definition) is 2. The lowest BCUT2D eigenvalue weighted by molar-refractivity contribution is -0.132. The lowest BCUT2D eigenvalue weighted by Gasteiger charge is -2.18. The Kier molecular flexibility index (Phi) is 5.09. The highest BCUT2D eigenvalue weighted by Crippen LogP contribution is 2.14. The topological polar surface area (TPSA) is 29.5 Å². The molecule has 2 aromatic carbocycles. The number of amides is 1. The first-order valence-corrected chi connectivity index (χ1v) is 6.83. The second-order valence-corrected chi connectivity index (χ2v) is 5.09. The molecule has 0 unspecified atom stereocenters. The van der Waals surface area contributed by atoms with Crippen LogP contribution in [0.2, 0.25) is 0 Å². The van der Waals surface area contributed by atoms with Crippen molar-refractivity contribution in [3.05, 3.63) is 65.2 Å². The van der Waals surface area contributed by atoms with Gasteiger partial charge in [-0.15, -0.1) is 0 Å². The number of hydrogen-bond donors (Lipinski definition) is 0. The van der Waals surface area contributed by atoms with Crippen LogP contribution in [0.15, 0.2) is 42.5 Å². The van der Waals surface area contributed by atoms with Gasteiger partial charge in [0.25, 0.3) is 5.91 Å². The summed E-state index contributed by atoms with van der Waals surface area (Å²) in [7, 11) is 1.55. The minimum Gasteiger partial charge on any atom is -0.484 e. The molecule has 2 aromatic rings. The predicted octanol–water partition coefficient (Wildman–Crippen LogP) is 3.31. The number of carbonyl (C=O) groups is 1. The number of carbonyl (C=O) groups excluding carboxylic acids is 1. The third kappa shape index (κ3) is 4.28. The highest BCUT2D eigenvalue weighted by atomic mass is 19.1. The third-order valence-electron chi connectivity index (χ3n) is 3.20. The second-order valence-electron chi connectivity index (χ2n) is 5.09. The fraction of sp³-hybridized carbons (Fsp3) is 0.235. The standard InChI is InChI=1S/C17H17F2NO2/c1-12-4-3-5-15(8-12)22-11-17(21)20(2)10-13-6-7-14(18)9-16(13)19/h3-9H,10-11H2,1-2H3. The summed E-state index contributed by atoms with van der Waals surface area (Å²) in [6, 6.07) is 10.7. The maximum Gasteiger partial charge on any atom is 0.260 e. The molecular weight excluding hydrogens is 288 g/mol. The van der Waals surface area contributed by atoms with Gasteiger partial charge in [0.15, 0.2) is 6.61 Å². The first kappa shape index (κ1) is 15.9. The Morgan fingerprint density at radius 2 is 1.95 bits per heavy atom. The van der Waals surface area contributed by atoms with Crippen LogP contribution in [-0.4, -0.2) is 24.5 Å². The molecule has 0 bridgehead atoms. The van der Waals surface area contributed by atoms with Gasteiger partial charge in [-0.25, -0.2) is 8.78 Å². The minimum absolute atomic E-state index is 0.0577. The average Bonchev–Trinajstić information content (AvgIpc) is 2.47. The van der Waals surface area contributed by atoms with E-state index in [1.165, 1.54) is 17.0 Å². The Balaban J connectivity index is 1.92. The van der Waals surface area contributed by atoms with Crippen molar-refractivity contribution < 1.29 is 18.3 Å². The minimum atomic E-state index is -0.667. The molecule has 5 heteroatoms.